The van der Waals surface area contributed by atoms with Crippen molar-refractivity contribution in [2.24, 2.45) is 5.92 Å². The number of hydrogen-bond acceptors (Lipinski definition) is 3. The van der Waals surface area contributed by atoms with Gasteiger partial charge in [-0.05, 0) is 20.8 Å². The molecule has 1 saturated heterocycles. The van der Waals surface area contributed by atoms with Crippen LogP contribution in [0, 0.1) is 5.92 Å². The van der Waals surface area contributed by atoms with Gasteiger partial charge in [0.1, 0.15) is 0 Å². The van der Waals surface area contributed by atoms with Crippen LogP contribution in [0.4, 0.5) is 0 Å². The van der Waals surface area contributed by atoms with Crippen LogP contribution in [0.25, 0.3) is 0 Å². The molecule has 0 amide bonds. The Balaban J connectivity index is 2.29. The Hall–Kier alpha value is -0.120. The average Bonchev–Trinajstić information content (AvgIpc) is 2.42. The maximum absolute atomic E-state index is 5.71. The van der Waals surface area contributed by atoms with Crippen molar-refractivity contribution in [3.05, 3.63) is 0 Å². The summed E-state index contributed by atoms with van der Waals surface area (Å²) in [6.07, 6.45) is 0.182. The molecule has 1 heterocycles. The highest BCUT2D eigenvalue weighted by atomic mass is 16.7. The molecular formula is C10H20O3. The molecule has 3 heteroatoms. The number of hydrogen-bond donors (Lipinski definition) is 0. The van der Waals surface area contributed by atoms with Crippen molar-refractivity contribution in [3.63, 3.8) is 0 Å². The summed E-state index contributed by atoms with van der Waals surface area (Å²) in [5.41, 5.74) is 0. The second-order valence-electron chi connectivity index (χ2n) is 4.00. The first kappa shape index (κ1) is 11.0. The fraction of sp³-hybridized carbons (Fsp3) is 1.00. The molecule has 0 aromatic rings. The van der Waals surface area contributed by atoms with E-state index in [1.165, 1.54) is 0 Å². The van der Waals surface area contributed by atoms with Crippen molar-refractivity contribution in [2.75, 3.05) is 19.8 Å². The van der Waals surface area contributed by atoms with Crippen molar-refractivity contribution in [1.29, 1.82) is 0 Å². The monoisotopic (exact) mass is 188 g/mol. The first-order valence-corrected chi connectivity index (χ1v) is 4.94. The minimum atomic E-state index is -0.412. The van der Waals surface area contributed by atoms with E-state index in [4.69, 9.17) is 14.2 Å². The Kier molecular flexibility index (Phi) is 3.71. The maximum Gasteiger partial charge on any atom is 0.163 e. The Labute approximate surface area is 80.4 Å². The quantitative estimate of drug-likeness (QED) is 0.673. The smallest absolute Gasteiger partial charge is 0.163 e. The minimum absolute atomic E-state index is 0.182. The molecule has 0 N–H and O–H groups in total. The van der Waals surface area contributed by atoms with Crippen LogP contribution in [0.15, 0.2) is 0 Å². The maximum atomic E-state index is 5.71. The van der Waals surface area contributed by atoms with E-state index in [1.807, 2.05) is 20.8 Å². The van der Waals surface area contributed by atoms with Crippen LogP contribution in [0.1, 0.15) is 27.7 Å². The van der Waals surface area contributed by atoms with Gasteiger partial charge in [0.25, 0.3) is 0 Å². The van der Waals surface area contributed by atoms with Crippen LogP contribution in [-0.4, -0.2) is 31.7 Å². The second kappa shape index (κ2) is 4.40. The fourth-order valence-electron chi connectivity index (χ4n) is 1.41. The van der Waals surface area contributed by atoms with Crippen LogP contribution in [0.5, 0.6) is 0 Å². The molecule has 2 unspecified atom stereocenters. The third kappa shape index (κ3) is 3.25. The van der Waals surface area contributed by atoms with Crippen LogP contribution < -0.4 is 0 Å². The fourth-order valence-corrected chi connectivity index (χ4v) is 1.41. The predicted octanol–water partition coefficient (Wildman–Crippen LogP) is 1.81. The lowest BCUT2D eigenvalue weighted by Crippen LogP contribution is -2.27. The molecule has 1 aliphatic rings. The van der Waals surface area contributed by atoms with E-state index in [-0.39, 0.29) is 6.10 Å². The van der Waals surface area contributed by atoms with E-state index < -0.39 is 5.79 Å². The lowest BCUT2D eigenvalue weighted by Gasteiger charge is -2.20. The molecule has 1 fully saturated rings. The molecule has 0 aromatic carbocycles. The van der Waals surface area contributed by atoms with Crippen molar-refractivity contribution in [3.8, 4) is 0 Å². The van der Waals surface area contributed by atoms with Gasteiger partial charge in [-0.3, -0.25) is 0 Å². The van der Waals surface area contributed by atoms with E-state index in [9.17, 15) is 0 Å². The largest absolute Gasteiger partial charge is 0.381 e. The molecule has 0 bridgehead atoms. The first-order chi connectivity index (χ1) is 6.05. The number of ether oxygens (including phenoxy) is 3. The van der Waals surface area contributed by atoms with Gasteiger partial charge in [0.2, 0.25) is 0 Å². The molecular weight excluding hydrogens is 168 g/mol. The Morgan fingerprint density at radius 2 is 2.23 bits per heavy atom. The van der Waals surface area contributed by atoms with E-state index in [0.717, 1.165) is 13.2 Å². The summed E-state index contributed by atoms with van der Waals surface area (Å²) in [5.74, 6) is -0.00719. The normalized spacial score (nSPS) is 29.1. The van der Waals surface area contributed by atoms with Crippen LogP contribution >= 0.6 is 0 Å². The van der Waals surface area contributed by atoms with Gasteiger partial charge < -0.3 is 14.2 Å². The van der Waals surface area contributed by atoms with E-state index in [2.05, 4.69) is 6.92 Å². The summed E-state index contributed by atoms with van der Waals surface area (Å²) in [4.78, 5) is 0. The Bertz CT molecular complexity index is 156. The van der Waals surface area contributed by atoms with Crippen molar-refractivity contribution in [1.82, 2.24) is 0 Å². The van der Waals surface area contributed by atoms with E-state index >= 15 is 0 Å². The zero-order valence-electron chi connectivity index (χ0n) is 9.00. The number of rotatable bonds is 4. The van der Waals surface area contributed by atoms with Gasteiger partial charge in [-0.2, -0.15) is 0 Å². The molecule has 0 saturated carbocycles. The third-order valence-electron chi connectivity index (χ3n) is 2.25. The lowest BCUT2D eigenvalue weighted by atomic mass is 10.1. The zero-order valence-corrected chi connectivity index (χ0v) is 9.00. The van der Waals surface area contributed by atoms with Crippen LogP contribution in [-0.2, 0) is 14.2 Å². The van der Waals surface area contributed by atoms with Gasteiger partial charge in [0, 0.05) is 12.5 Å². The summed E-state index contributed by atoms with van der Waals surface area (Å²) in [6, 6.07) is 0. The zero-order chi connectivity index (χ0) is 9.90. The summed E-state index contributed by atoms with van der Waals surface area (Å²) in [6.45, 7) is 10.2. The van der Waals surface area contributed by atoms with Crippen molar-refractivity contribution in [2.45, 2.75) is 39.6 Å². The molecule has 13 heavy (non-hydrogen) atoms. The highest BCUT2D eigenvalue weighted by molar-refractivity contribution is 4.75. The topological polar surface area (TPSA) is 27.7 Å². The molecule has 1 aliphatic heterocycles. The van der Waals surface area contributed by atoms with Crippen molar-refractivity contribution >= 4 is 0 Å². The minimum Gasteiger partial charge on any atom is -0.381 e. The second-order valence-corrected chi connectivity index (χ2v) is 4.00. The summed E-state index contributed by atoms with van der Waals surface area (Å²) >= 11 is 0. The van der Waals surface area contributed by atoms with Crippen LogP contribution in [0.3, 0.4) is 0 Å². The molecule has 3 nitrogen and oxygen atoms in total. The molecule has 0 aromatic heterocycles. The molecule has 78 valence electrons. The average molecular weight is 188 g/mol. The first-order valence-electron chi connectivity index (χ1n) is 4.94. The Morgan fingerprint density at radius 3 is 2.69 bits per heavy atom. The van der Waals surface area contributed by atoms with Gasteiger partial charge in [-0.25, -0.2) is 0 Å². The van der Waals surface area contributed by atoms with Gasteiger partial charge in [-0.15, -0.1) is 0 Å². The van der Waals surface area contributed by atoms with E-state index in [0.29, 0.717) is 12.5 Å². The van der Waals surface area contributed by atoms with Gasteiger partial charge in [-0.1, -0.05) is 6.92 Å². The molecule has 2 atom stereocenters. The summed E-state index contributed by atoms with van der Waals surface area (Å²) in [5, 5.41) is 0. The van der Waals surface area contributed by atoms with Gasteiger partial charge in [0.05, 0.1) is 19.3 Å². The van der Waals surface area contributed by atoms with Crippen molar-refractivity contribution < 1.29 is 14.2 Å². The summed E-state index contributed by atoms with van der Waals surface area (Å²) < 4.78 is 16.5. The molecule has 1 rings (SSSR count). The molecule has 0 spiro atoms. The SMILES string of the molecule is CCOCC(C)C1COC(C)(C)O1. The van der Waals surface area contributed by atoms with E-state index in [1.54, 1.807) is 0 Å². The standard InChI is InChI=1S/C10H20O3/c1-5-11-6-8(2)9-7-12-10(3,4)13-9/h8-9H,5-7H2,1-4H3. The Morgan fingerprint density at radius 1 is 1.54 bits per heavy atom. The molecule has 0 aliphatic carbocycles. The molecule has 0 radical (unpaired) electrons. The van der Waals surface area contributed by atoms with Gasteiger partial charge >= 0.3 is 0 Å². The predicted molar refractivity (Wildman–Crippen MR) is 50.6 cm³/mol. The summed E-state index contributed by atoms with van der Waals surface area (Å²) in [7, 11) is 0. The highest BCUT2D eigenvalue weighted by Crippen LogP contribution is 2.26. The highest BCUT2D eigenvalue weighted by Gasteiger charge is 2.35. The van der Waals surface area contributed by atoms with Gasteiger partial charge in [0.15, 0.2) is 5.79 Å². The van der Waals surface area contributed by atoms with Crippen LogP contribution in [0.2, 0.25) is 0 Å². The third-order valence-corrected chi connectivity index (χ3v) is 2.25. The lowest BCUT2D eigenvalue weighted by molar-refractivity contribution is -0.146.